The zero-order valence-electron chi connectivity index (χ0n) is 8.90. The van der Waals surface area contributed by atoms with Crippen molar-refractivity contribution < 1.29 is 15.0 Å². The minimum atomic E-state index is -0.425. The van der Waals surface area contributed by atoms with Gasteiger partial charge in [0, 0.05) is 11.9 Å². The summed E-state index contributed by atoms with van der Waals surface area (Å²) in [6, 6.07) is 4.18. The topological polar surface area (TPSA) is 69.6 Å². The Morgan fingerprint density at radius 1 is 1.50 bits per heavy atom. The number of carbonyl (C=O) groups excluding carboxylic acids is 1. The van der Waals surface area contributed by atoms with Crippen LogP contribution in [0.3, 0.4) is 0 Å². The van der Waals surface area contributed by atoms with Crippen molar-refractivity contribution in [1.82, 2.24) is 5.32 Å². The maximum atomic E-state index is 11.7. The Morgan fingerprint density at radius 2 is 2.19 bits per heavy atom. The summed E-state index contributed by atoms with van der Waals surface area (Å²) < 4.78 is 0. The number of nitrogens with one attached hydrogen (secondary N) is 1. The highest BCUT2D eigenvalue weighted by atomic mass is 35.5. The van der Waals surface area contributed by atoms with Crippen molar-refractivity contribution in [2.45, 2.75) is 19.4 Å². The minimum absolute atomic E-state index is 0.0569. The molecule has 16 heavy (non-hydrogen) atoms. The van der Waals surface area contributed by atoms with Gasteiger partial charge >= 0.3 is 0 Å². The van der Waals surface area contributed by atoms with Crippen LogP contribution in [0.2, 0.25) is 0 Å². The fraction of sp³-hybridized carbons (Fsp3) is 0.364. The Kier molecular flexibility index (Phi) is 4.43. The lowest BCUT2D eigenvalue weighted by atomic mass is 10.1. The summed E-state index contributed by atoms with van der Waals surface area (Å²) in [6.45, 7) is 1.82. The normalized spacial score (nSPS) is 12.1. The van der Waals surface area contributed by atoms with E-state index in [-0.39, 0.29) is 17.4 Å². The van der Waals surface area contributed by atoms with Gasteiger partial charge < -0.3 is 15.5 Å². The summed E-state index contributed by atoms with van der Waals surface area (Å²) in [7, 11) is 0. The molecule has 0 bridgehead atoms. The molecule has 1 rings (SSSR count). The zero-order valence-corrected chi connectivity index (χ0v) is 9.66. The van der Waals surface area contributed by atoms with Crippen LogP contribution in [0.15, 0.2) is 18.2 Å². The number of amides is 1. The Morgan fingerprint density at radius 3 is 2.81 bits per heavy atom. The predicted molar refractivity (Wildman–Crippen MR) is 62.0 cm³/mol. The Hall–Kier alpha value is -1.42. The SMILES string of the molecule is CC(CCCl)NC(=O)c1cccc(O)c1O. The van der Waals surface area contributed by atoms with Crippen molar-refractivity contribution in [3.05, 3.63) is 23.8 Å². The number of phenolic OH excluding ortho intramolecular Hbond substituents is 2. The number of hydrogen-bond donors (Lipinski definition) is 3. The average molecular weight is 244 g/mol. The molecule has 1 unspecified atom stereocenters. The van der Waals surface area contributed by atoms with Gasteiger partial charge in [0.2, 0.25) is 0 Å². The van der Waals surface area contributed by atoms with E-state index >= 15 is 0 Å². The van der Waals surface area contributed by atoms with Crippen LogP contribution in [-0.2, 0) is 0 Å². The van der Waals surface area contributed by atoms with E-state index in [1.54, 1.807) is 0 Å². The van der Waals surface area contributed by atoms with Crippen molar-refractivity contribution >= 4 is 17.5 Å². The fourth-order valence-corrected chi connectivity index (χ4v) is 1.58. The molecule has 88 valence electrons. The van der Waals surface area contributed by atoms with Crippen molar-refractivity contribution in [2.75, 3.05) is 5.88 Å². The number of benzene rings is 1. The average Bonchev–Trinajstić information content (AvgIpc) is 2.22. The molecule has 1 aromatic rings. The highest BCUT2D eigenvalue weighted by molar-refractivity contribution is 6.17. The molecule has 1 atom stereocenters. The molecule has 0 fully saturated rings. The molecule has 0 aliphatic carbocycles. The van der Waals surface area contributed by atoms with Gasteiger partial charge in [0.1, 0.15) is 0 Å². The molecule has 0 radical (unpaired) electrons. The van der Waals surface area contributed by atoms with E-state index in [0.29, 0.717) is 12.3 Å². The van der Waals surface area contributed by atoms with Crippen LogP contribution in [0.4, 0.5) is 0 Å². The lowest BCUT2D eigenvalue weighted by Gasteiger charge is -2.13. The van der Waals surface area contributed by atoms with Gasteiger partial charge in [-0.15, -0.1) is 11.6 Å². The molecule has 1 amide bonds. The van der Waals surface area contributed by atoms with E-state index in [0.717, 1.165) is 0 Å². The van der Waals surface area contributed by atoms with Crippen molar-refractivity contribution in [2.24, 2.45) is 0 Å². The van der Waals surface area contributed by atoms with E-state index in [1.165, 1.54) is 18.2 Å². The lowest BCUT2D eigenvalue weighted by Crippen LogP contribution is -2.32. The van der Waals surface area contributed by atoms with Crippen LogP contribution in [0, 0.1) is 0 Å². The van der Waals surface area contributed by atoms with Gasteiger partial charge in [-0.2, -0.15) is 0 Å². The molecule has 0 aromatic heterocycles. The van der Waals surface area contributed by atoms with E-state index in [2.05, 4.69) is 5.32 Å². The number of halogens is 1. The minimum Gasteiger partial charge on any atom is -0.504 e. The van der Waals surface area contributed by atoms with E-state index in [9.17, 15) is 15.0 Å². The Bertz CT molecular complexity index is 381. The van der Waals surface area contributed by atoms with E-state index < -0.39 is 11.7 Å². The molecular weight excluding hydrogens is 230 g/mol. The van der Waals surface area contributed by atoms with E-state index in [1.807, 2.05) is 6.92 Å². The highest BCUT2D eigenvalue weighted by Crippen LogP contribution is 2.27. The second-order valence-electron chi connectivity index (χ2n) is 3.53. The highest BCUT2D eigenvalue weighted by Gasteiger charge is 2.15. The molecule has 3 N–H and O–H groups in total. The van der Waals surface area contributed by atoms with Gasteiger partial charge in [-0.25, -0.2) is 0 Å². The van der Waals surface area contributed by atoms with Gasteiger partial charge in [-0.1, -0.05) is 6.07 Å². The van der Waals surface area contributed by atoms with Crippen LogP contribution in [-0.4, -0.2) is 28.0 Å². The van der Waals surface area contributed by atoms with Gasteiger partial charge in [-0.05, 0) is 25.5 Å². The molecule has 0 saturated heterocycles. The first-order valence-electron chi connectivity index (χ1n) is 4.94. The molecule has 0 spiro atoms. The number of alkyl halides is 1. The predicted octanol–water partition coefficient (Wildman–Crippen LogP) is 1.85. The summed E-state index contributed by atoms with van der Waals surface area (Å²) >= 11 is 5.54. The summed E-state index contributed by atoms with van der Waals surface area (Å²) in [5.41, 5.74) is 0.0569. The van der Waals surface area contributed by atoms with Crippen LogP contribution in [0.5, 0.6) is 11.5 Å². The van der Waals surface area contributed by atoms with Crippen molar-refractivity contribution in [3.63, 3.8) is 0 Å². The van der Waals surface area contributed by atoms with Crippen LogP contribution < -0.4 is 5.32 Å². The lowest BCUT2D eigenvalue weighted by molar-refractivity contribution is 0.0936. The number of para-hydroxylation sites is 1. The Labute approximate surface area is 98.9 Å². The summed E-state index contributed by atoms with van der Waals surface area (Å²) in [5, 5.41) is 21.4. The van der Waals surface area contributed by atoms with Gasteiger partial charge in [0.25, 0.3) is 5.91 Å². The van der Waals surface area contributed by atoms with Gasteiger partial charge in [-0.3, -0.25) is 4.79 Å². The number of carbonyl (C=O) groups is 1. The summed E-state index contributed by atoms with van der Waals surface area (Å²) in [5.74, 6) is -0.685. The largest absolute Gasteiger partial charge is 0.504 e. The first-order valence-corrected chi connectivity index (χ1v) is 5.47. The van der Waals surface area contributed by atoms with Crippen molar-refractivity contribution in [3.8, 4) is 11.5 Å². The number of hydrogen-bond acceptors (Lipinski definition) is 3. The second-order valence-corrected chi connectivity index (χ2v) is 3.90. The number of phenols is 2. The quantitative estimate of drug-likeness (QED) is 0.558. The molecule has 4 nitrogen and oxygen atoms in total. The monoisotopic (exact) mass is 243 g/mol. The maximum absolute atomic E-state index is 11.7. The molecule has 0 heterocycles. The fourth-order valence-electron chi connectivity index (χ4n) is 1.25. The molecule has 0 saturated carbocycles. The van der Waals surface area contributed by atoms with Crippen LogP contribution in [0.1, 0.15) is 23.7 Å². The first-order chi connectivity index (χ1) is 7.56. The standard InChI is InChI=1S/C11H14ClNO3/c1-7(5-6-12)13-11(16)8-3-2-4-9(14)10(8)15/h2-4,7,14-15H,5-6H2,1H3,(H,13,16). The number of aromatic hydroxyl groups is 2. The third-order valence-corrected chi connectivity index (χ3v) is 2.40. The third-order valence-electron chi connectivity index (χ3n) is 2.18. The van der Waals surface area contributed by atoms with Gasteiger partial charge in [0.15, 0.2) is 11.5 Å². The molecule has 1 aromatic carbocycles. The Balaban J connectivity index is 2.77. The molecule has 0 aliphatic rings. The summed E-state index contributed by atoms with van der Waals surface area (Å²) in [6.07, 6.45) is 0.646. The molecule has 0 aliphatic heterocycles. The third kappa shape index (κ3) is 3.03. The zero-order chi connectivity index (χ0) is 12.1. The summed E-state index contributed by atoms with van der Waals surface area (Å²) in [4.78, 5) is 11.7. The van der Waals surface area contributed by atoms with Crippen molar-refractivity contribution in [1.29, 1.82) is 0 Å². The van der Waals surface area contributed by atoms with Crippen LogP contribution in [0.25, 0.3) is 0 Å². The smallest absolute Gasteiger partial charge is 0.255 e. The van der Waals surface area contributed by atoms with E-state index in [4.69, 9.17) is 11.6 Å². The second kappa shape index (κ2) is 5.61. The number of rotatable bonds is 4. The maximum Gasteiger partial charge on any atom is 0.255 e. The van der Waals surface area contributed by atoms with Crippen LogP contribution >= 0.6 is 11.6 Å². The molecule has 5 heteroatoms. The first kappa shape index (κ1) is 12.6. The van der Waals surface area contributed by atoms with Gasteiger partial charge in [0.05, 0.1) is 5.56 Å². The molecular formula is C11H14ClNO3.